The molecule has 2 saturated heterocycles. The van der Waals surface area contributed by atoms with Crippen molar-refractivity contribution in [1.29, 1.82) is 0 Å². The molecule has 2 rings (SSSR count). The lowest BCUT2D eigenvalue weighted by molar-refractivity contribution is -0.136. The normalized spacial score (nSPS) is 24.5. The van der Waals surface area contributed by atoms with Crippen molar-refractivity contribution in [1.82, 2.24) is 15.1 Å². The second-order valence-electron chi connectivity index (χ2n) is 5.84. The molecule has 4 heteroatoms. The fourth-order valence-electron chi connectivity index (χ4n) is 3.49. The minimum absolute atomic E-state index is 0.0676. The van der Waals surface area contributed by atoms with E-state index in [1.165, 1.54) is 0 Å². The summed E-state index contributed by atoms with van der Waals surface area (Å²) < 4.78 is 0. The third kappa shape index (κ3) is 3.53. The number of amides is 1. The fourth-order valence-corrected chi connectivity index (χ4v) is 3.49. The van der Waals surface area contributed by atoms with E-state index in [1.54, 1.807) is 0 Å². The first-order valence-corrected chi connectivity index (χ1v) is 7.96. The van der Waals surface area contributed by atoms with Gasteiger partial charge in [0.15, 0.2) is 0 Å². The van der Waals surface area contributed by atoms with E-state index in [4.69, 9.17) is 6.42 Å². The van der Waals surface area contributed by atoms with E-state index in [-0.39, 0.29) is 11.9 Å². The molecular formula is C16H27N3O. The number of hydrogen-bond acceptors (Lipinski definition) is 3. The van der Waals surface area contributed by atoms with Gasteiger partial charge < -0.3 is 10.2 Å². The predicted octanol–water partition coefficient (Wildman–Crippen LogP) is 1.07. The highest BCUT2D eigenvalue weighted by molar-refractivity contribution is 5.82. The number of terminal acetylenes is 1. The Kier molecular flexibility index (Phi) is 5.87. The van der Waals surface area contributed by atoms with Crippen molar-refractivity contribution in [3.8, 4) is 12.3 Å². The summed E-state index contributed by atoms with van der Waals surface area (Å²) in [5.74, 6) is 2.88. The molecule has 0 aromatic carbocycles. The number of nitrogens with zero attached hydrogens (tertiary/aromatic N) is 2. The molecule has 1 unspecified atom stereocenters. The molecular weight excluding hydrogens is 250 g/mol. The summed E-state index contributed by atoms with van der Waals surface area (Å²) in [5.41, 5.74) is 0. The van der Waals surface area contributed by atoms with E-state index in [2.05, 4.69) is 23.1 Å². The molecule has 4 nitrogen and oxygen atoms in total. The largest absolute Gasteiger partial charge is 0.330 e. The van der Waals surface area contributed by atoms with Gasteiger partial charge in [-0.1, -0.05) is 12.8 Å². The Labute approximate surface area is 122 Å². The molecule has 0 aliphatic carbocycles. The Morgan fingerprint density at radius 1 is 1.40 bits per heavy atom. The summed E-state index contributed by atoms with van der Waals surface area (Å²) >= 11 is 0. The van der Waals surface area contributed by atoms with Crippen LogP contribution < -0.4 is 5.32 Å². The molecule has 0 aromatic rings. The first-order valence-electron chi connectivity index (χ1n) is 7.96. The molecule has 0 aromatic heterocycles. The molecule has 0 spiro atoms. The molecule has 0 radical (unpaired) electrons. The lowest BCUT2D eigenvalue weighted by atomic mass is 10.0. The zero-order valence-electron chi connectivity index (χ0n) is 12.6. The summed E-state index contributed by atoms with van der Waals surface area (Å²) in [6.07, 6.45) is 10.8. The Morgan fingerprint density at radius 3 is 2.80 bits per heavy atom. The van der Waals surface area contributed by atoms with Crippen LogP contribution >= 0.6 is 0 Å². The summed E-state index contributed by atoms with van der Waals surface area (Å²) in [4.78, 5) is 17.1. The Hall–Kier alpha value is -1.05. The van der Waals surface area contributed by atoms with Crippen LogP contribution in [0.4, 0.5) is 0 Å². The minimum atomic E-state index is 0.0676. The number of likely N-dealkylation sites (tertiary alicyclic amines) is 1. The number of nitrogens with one attached hydrogen (secondary N) is 1. The van der Waals surface area contributed by atoms with Gasteiger partial charge in [-0.2, -0.15) is 0 Å². The van der Waals surface area contributed by atoms with Gasteiger partial charge in [0.25, 0.3) is 0 Å². The second kappa shape index (κ2) is 7.66. The molecule has 1 amide bonds. The maximum atomic E-state index is 12.8. The van der Waals surface area contributed by atoms with E-state index in [0.717, 1.165) is 58.3 Å². The van der Waals surface area contributed by atoms with Gasteiger partial charge in [0.2, 0.25) is 5.91 Å². The quantitative estimate of drug-likeness (QED) is 0.764. The van der Waals surface area contributed by atoms with E-state index in [9.17, 15) is 4.79 Å². The smallest absolute Gasteiger partial charge is 0.240 e. The predicted molar refractivity (Wildman–Crippen MR) is 81.3 cm³/mol. The Balaban J connectivity index is 2.01. The number of piperidine rings is 1. The molecule has 2 fully saturated rings. The summed E-state index contributed by atoms with van der Waals surface area (Å²) in [6.45, 7) is 6.53. The summed E-state index contributed by atoms with van der Waals surface area (Å²) in [7, 11) is 0. The van der Waals surface area contributed by atoms with Crippen LogP contribution in [0.25, 0.3) is 0 Å². The van der Waals surface area contributed by atoms with Crippen LogP contribution in [0.1, 0.15) is 39.0 Å². The molecule has 0 bridgehead atoms. The maximum absolute atomic E-state index is 12.8. The number of carbonyl (C=O) groups is 1. The van der Waals surface area contributed by atoms with E-state index in [0.29, 0.717) is 12.6 Å². The third-order valence-electron chi connectivity index (χ3n) is 4.44. The van der Waals surface area contributed by atoms with Crippen LogP contribution in [0, 0.1) is 12.3 Å². The minimum Gasteiger partial charge on any atom is -0.330 e. The molecule has 20 heavy (non-hydrogen) atoms. The first-order chi connectivity index (χ1) is 9.77. The van der Waals surface area contributed by atoms with Crippen LogP contribution in [0.3, 0.4) is 0 Å². The SMILES string of the molecule is C#CCN(CCC)C(=O)C1CCCN1C1CCNCC1. The van der Waals surface area contributed by atoms with Gasteiger partial charge in [-0.15, -0.1) is 6.42 Å². The average Bonchev–Trinajstić information content (AvgIpc) is 2.96. The highest BCUT2D eigenvalue weighted by Crippen LogP contribution is 2.25. The van der Waals surface area contributed by atoms with Crippen molar-refractivity contribution >= 4 is 5.91 Å². The lowest BCUT2D eigenvalue weighted by Crippen LogP contribution is -2.51. The van der Waals surface area contributed by atoms with Crippen molar-refractivity contribution in [2.24, 2.45) is 0 Å². The van der Waals surface area contributed by atoms with Crippen LogP contribution in [0.5, 0.6) is 0 Å². The molecule has 1 atom stereocenters. The molecule has 112 valence electrons. The van der Waals surface area contributed by atoms with Gasteiger partial charge in [-0.25, -0.2) is 0 Å². The molecule has 2 aliphatic heterocycles. The average molecular weight is 277 g/mol. The van der Waals surface area contributed by atoms with Gasteiger partial charge in [0.1, 0.15) is 0 Å². The number of carbonyl (C=O) groups excluding carboxylic acids is 1. The molecule has 0 saturated carbocycles. The van der Waals surface area contributed by atoms with Crippen molar-refractivity contribution in [2.75, 3.05) is 32.7 Å². The Morgan fingerprint density at radius 2 is 2.15 bits per heavy atom. The standard InChI is InChI=1S/C16H27N3O/c1-3-11-18(12-4-2)16(20)15-6-5-13-19(15)14-7-9-17-10-8-14/h1,14-15,17H,4-13H2,2H3. The van der Waals surface area contributed by atoms with Crippen molar-refractivity contribution in [3.05, 3.63) is 0 Å². The highest BCUT2D eigenvalue weighted by atomic mass is 16.2. The third-order valence-corrected chi connectivity index (χ3v) is 4.44. The zero-order valence-corrected chi connectivity index (χ0v) is 12.6. The lowest BCUT2D eigenvalue weighted by Gasteiger charge is -2.36. The van der Waals surface area contributed by atoms with Gasteiger partial charge in [-0.05, 0) is 51.7 Å². The summed E-state index contributed by atoms with van der Waals surface area (Å²) in [5, 5.41) is 3.40. The van der Waals surface area contributed by atoms with Gasteiger partial charge in [-0.3, -0.25) is 9.69 Å². The van der Waals surface area contributed by atoms with Crippen molar-refractivity contribution in [2.45, 2.75) is 51.1 Å². The number of rotatable bonds is 5. The summed E-state index contributed by atoms with van der Waals surface area (Å²) in [6, 6.07) is 0.639. The fraction of sp³-hybridized carbons (Fsp3) is 0.812. The maximum Gasteiger partial charge on any atom is 0.240 e. The number of hydrogen-bond donors (Lipinski definition) is 1. The molecule has 2 heterocycles. The Bertz CT molecular complexity index is 357. The second-order valence-corrected chi connectivity index (χ2v) is 5.84. The molecule has 2 aliphatic rings. The molecule has 1 N–H and O–H groups in total. The van der Waals surface area contributed by atoms with E-state index in [1.807, 2.05) is 4.90 Å². The zero-order chi connectivity index (χ0) is 14.4. The van der Waals surface area contributed by atoms with Crippen LogP contribution in [0.15, 0.2) is 0 Å². The van der Waals surface area contributed by atoms with Crippen LogP contribution in [-0.4, -0.2) is 60.5 Å². The van der Waals surface area contributed by atoms with Gasteiger partial charge in [0, 0.05) is 12.6 Å². The first kappa shape index (κ1) is 15.3. The van der Waals surface area contributed by atoms with Crippen molar-refractivity contribution in [3.63, 3.8) is 0 Å². The van der Waals surface area contributed by atoms with Crippen LogP contribution in [0.2, 0.25) is 0 Å². The highest BCUT2D eigenvalue weighted by Gasteiger charge is 2.37. The van der Waals surface area contributed by atoms with Gasteiger partial charge in [0.05, 0.1) is 12.6 Å². The van der Waals surface area contributed by atoms with E-state index >= 15 is 0 Å². The van der Waals surface area contributed by atoms with E-state index < -0.39 is 0 Å². The van der Waals surface area contributed by atoms with Crippen LogP contribution in [-0.2, 0) is 4.79 Å². The van der Waals surface area contributed by atoms with Gasteiger partial charge >= 0.3 is 0 Å². The topological polar surface area (TPSA) is 35.6 Å². The monoisotopic (exact) mass is 277 g/mol. The van der Waals surface area contributed by atoms with Crippen molar-refractivity contribution < 1.29 is 4.79 Å².